The molecule has 0 bridgehead atoms. The molecule has 1 aromatic carbocycles. The zero-order chi connectivity index (χ0) is 98.4. The van der Waals surface area contributed by atoms with Crippen molar-refractivity contribution in [3.63, 3.8) is 0 Å². The molecule has 719 valence electrons. The molecule has 0 saturated heterocycles. The molecule has 0 aromatic heterocycles. The van der Waals surface area contributed by atoms with Crippen LogP contribution in [0.5, 0.6) is 0 Å². The van der Waals surface area contributed by atoms with E-state index in [0.29, 0.717) is 161 Å². The number of nitrogens with one attached hydrogen (secondary N) is 1. The Balaban J connectivity index is -0.000000144. The molecule has 10 atom stereocenters. The van der Waals surface area contributed by atoms with Gasteiger partial charge in [0, 0.05) is 51.4 Å². The zero-order valence-electron chi connectivity index (χ0n) is 69.7. The third kappa shape index (κ3) is 114. The van der Waals surface area contributed by atoms with Crippen molar-refractivity contribution < 1.29 is 119 Å². The average Bonchev–Trinajstić information content (AvgIpc) is 0.899. The van der Waals surface area contributed by atoms with Gasteiger partial charge in [-0.15, -0.1) is 0 Å². The van der Waals surface area contributed by atoms with Gasteiger partial charge >= 0.3 is 73.3 Å². The lowest BCUT2D eigenvalue weighted by Crippen LogP contribution is -2.31. The van der Waals surface area contributed by atoms with Crippen LogP contribution in [0, 0.1) is 0 Å². The summed E-state index contributed by atoms with van der Waals surface area (Å²) in [6.07, 6.45) is 12.4. The van der Waals surface area contributed by atoms with Crippen LogP contribution in [0.15, 0.2) is 54.2 Å². The molecule has 0 aliphatic carbocycles. The van der Waals surface area contributed by atoms with Crippen molar-refractivity contribution in [3.8, 4) is 0 Å². The van der Waals surface area contributed by atoms with Gasteiger partial charge in [-0.05, 0) is 166 Å². The minimum Gasteiger partial charge on any atom is -0.480 e. The maximum Gasteiger partial charge on any atom is 0.433 e. The molecule has 0 saturated carbocycles. The molecule has 0 aliphatic heterocycles. The van der Waals surface area contributed by atoms with E-state index < -0.39 is 132 Å². The first-order chi connectivity index (χ1) is 57.5. The van der Waals surface area contributed by atoms with Gasteiger partial charge in [0.1, 0.15) is 60.4 Å². The molecule has 0 aliphatic rings. The number of hydrogen-bond acceptors (Lipinski definition) is 33. The quantitative estimate of drug-likeness (QED) is 0.0125. The number of unbranched alkanes of at least 4 members (excludes halogenated alkanes) is 3. The van der Waals surface area contributed by atoms with E-state index in [4.69, 9.17) is 210 Å². The second kappa shape index (κ2) is 90.0. The average molecular weight is 1790 g/mol. The minimum atomic E-state index is -1.11. The molecule has 0 spiro atoms. The Hall–Kier alpha value is -12.2. The Bertz CT molecular complexity index is 2840. The zero-order valence-corrected chi connectivity index (χ0v) is 69.7. The Morgan fingerprint density at radius 3 is 0.556 bits per heavy atom. The van der Waals surface area contributed by atoms with Crippen LogP contribution in [-0.4, -0.2) is 295 Å². The van der Waals surface area contributed by atoms with Crippen LogP contribution < -0.4 is 154 Å². The summed E-state index contributed by atoms with van der Waals surface area (Å²) in [6, 6.07) is -2.01. The molecular weight excluding hydrogens is 1650 g/mol. The number of hydrogen-bond donors (Lipinski definition) is 39. The number of aliphatic carboxylic acids is 10. The summed E-state index contributed by atoms with van der Waals surface area (Å²) in [5, 5.41) is 103. The molecule has 1 rings (SSSR count). The van der Waals surface area contributed by atoms with Gasteiger partial charge < -0.3 is 215 Å². The normalized spacial score (nSPS) is 12.0. The van der Waals surface area contributed by atoms with Crippen molar-refractivity contribution in [2.45, 2.75) is 208 Å². The van der Waals surface area contributed by atoms with Gasteiger partial charge in [0.2, 0.25) is 5.91 Å². The maximum atomic E-state index is 10.4. The van der Waals surface area contributed by atoms with Gasteiger partial charge in [-0.3, -0.25) is 82.7 Å². The number of carbonyl (C=O) groups is 12. The van der Waals surface area contributed by atoms with Crippen LogP contribution in [0.1, 0.15) is 158 Å². The first kappa shape index (κ1) is 132. The predicted molar refractivity (Wildman–Crippen MR) is 468 cm³/mol. The third-order valence-electron chi connectivity index (χ3n) is 14.0. The number of rotatable bonds is 52. The summed E-state index contributed by atoms with van der Waals surface area (Å²) in [4.78, 5) is 144. The van der Waals surface area contributed by atoms with E-state index in [9.17, 15) is 57.5 Å². The summed E-state index contributed by atoms with van der Waals surface area (Å²) in [6.45, 7) is 4.33. The lowest BCUT2D eigenvalue weighted by molar-refractivity contribution is -0.139. The summed E-state index contributed by atoms with van der Waals surface area (Å²) >= 11 is 0. The summed E-state index contributed by atoms with van der Waals surface area (Å²) in [5.41, 5.74) is 134. The monoisotopic (exact) mass is 1790 g/mol. The largest absolute Gasteiger partial charge is 0.480 e. The van der Waals surface area contributed by atoms with E-state index in [2.05, 4.69) is 35.2 Å². The fourth-order valence-electron chi connectivity index (χ4n) is 6.96. The smallest absolute Gasteiger partial charge is 0.433 e. The molecule has 57 nitrogen and oxygen atoms in total. The number of aliphatic imine (C=N–C) groups is 6. The van der Waals surface area contributed by atoms with E-state index in [1.54, 1.807) is 12.1 Å². The SMILES string of the molecule is NC(=O)CC[C@H](N)C(=O)O.NC(N)=NCCC[C@H](N)C(=O)O.NC(N)=NCCC[C@H](N)C(=O)O.NC(N)=NCCC[C@H](N)C(=O)O.NC(N)=NCCC[C@H](N)C(=O)O.NC(N)=NCCC[C@H](N)C(=O)O.NC(N)=NCCC[C@H](N)C(=O)O.NCCCC[C@H](N)C(=O)O.NCCCC[C@H](N)C(=O)O.NCCCC[C@H](N)C(=O)O.O=C(O)c1ccc(N[B]O)cc1. The highest BCUT2D eigenvalue weighted by Crippen LogP contribution is 2.09. The third-order valence-corrected chi connectivity index (χ3v) is 14.0. The van der Waals surface area contributed by atoms with E-state index in [1.165, 1.54) is 12.1 Å². The van der Waals surface area contributed by atoms with Crippen LogP contribution in [0.3, 0.4) is 0 Å². The number of nitrogens with two attached hydrogens (primary N) is 26. The number of amides is 1. The molecule has 65 N–H and O–H groups in total. The molecule has 1 amide bonds. The van der Waals surface area contributed by atoms with E-state index >= 15 is 0 Å². The fraction of sp³-hybridized carbons (Fsp3) is 0.636. The number of carbonyl (C=O) groups excluding carboxylic acids is 1. The number of guanidine groups is 6. The molecule has 0 heterocycles. The highest BCUT2D eigenvalue weighted by Gasteiger charge is 2.17. The molecule has 1 radical (unpaired) electrons. The van der Waals surface area contributed by atoms with Crippen molar-refractivity contribution in [1.82, 2.24) is 0 Å². The van der Waals surface area contributed by atoms with Crippen molar-refractivity contribution in [3.05, 3.63) is 29.8 Å². The van der Waals surface area contributed by atoms with Gasteiger partial charge in [0.25, 0.3) is 0 Å². The number of carboxylic acids is 11. The first-order valence-electron chi connectivity index (χ1n) is 37.7. The van der Waals surface area contributed by atoms with Crippen molar-refractivity contribution >= 4 is 121 Å². The highest BCUT2D eigenvalue weighted by molar-refractivity contribution is 6.30. The number of carboxylic acid groups (broad SMARTS) is 11. The molecule has 58 heteroatoms. The predicted octanol–water partition coefficient (Wildman–Crippen LogP) is -11.7. The maximum absolute atomic E-state index is 10.4. The topological polar surface area (TPSA) is 1210 Å². The Kier molecular flexibility index (Phi) is 96.1. The lowest BCUT2D eigenvalue weighted by Gasteiger charge is -2.03. The van der Waals surface area contributed by atoms with Gasteiger partial charge in [0.05, 0.1) is 5.56 Å². The molecular formula is C66H143BN33O24. The number of anilines is 1. The standard InChI is InChI=1S/C7H7BNO3.6C6H14N4O2.3C6H14N2O2.C5H10N2O3/c10-7(11)5-1-3-6(4-2-5)9-8-12;6*7-4(5(11)12)2-1-3-10-6(8)9;3*7-4-2-1-3-5(8)6(9)10;6-3(5(9)10)1-2-4(7)8/h1-4,9,12H,(H,10,11);6*4H,1-3,7H2,(H,11,12)(H4,8,9,10);3*5H,1-4,7-8H2,(H,9,10);3H,1-2,6H2,(H2,7,8)(H,9,10)/t;6*4-;3*5-;3-/m.0000000000/s1. The van der Waals surface area contributed by atoms with E-state index in [1.807, 2.05) is 0 Å². The van der Waals surface area contributed by atoms with Crippen LogP contribution in [-0.2, 0) is 52.7 Å². The van der Waals surface area contributed by atoms with Crippen molar-refractivity contribution in [2.24, 2.45) is 179 Å². The summed E-state index contributed by atoms with van der Waals surface area (Å²) in [5.74, 6) is -11.3. The molecule has 0 unspecified atom stereocenters. The lowest BCUT2D eigenvalue weighted by atomic mass is 10.1. The minimum absolute atomic E-state index is 0.0129. The Morgan fingerprint density at radius 2 is 0.427 bits per heavy atom. The van der Waals surface area contributed by atoms with Gasteiger partial charge in [-0.25, -0.2) is 4.79 Å². The van der Waals surface area contributed by atoms with Crippen LogP contribution in [0.25, 0.3) is 0 Å². The van der Waals surface area contributed by atoms with E-state index in [-0.39, 0.29) is 54.2 Å². The first-order valence-corrected chi connectivity index (χ1v) is 37.7. The van der Waals surface area contributed by atoms with Crippen LogP contribution in [0.4, 0.5) is 5.69 Å². The second-order valence-electron chi connectivity index (χ2n) is 25.2. The van der Waals surface area contributed by atoms with Gasteiger partial charge in [0.15, 0.2) is 35.8 Å². The Morgan fingerprint density at radius 1 is 0.266 bits per heavy atom. The van der Waals surface area contributed by atoms with Crippen LogP contribution in [0.2, 0.25) is 0 Å². The molecule has 0 fully saturated rings. The van der Waals surface area contributed by atoms with Gasteiger partial charge in [-0.2, -0.15) is 0 Å². The second-order valence-corrected chi connectivity index (χ2v) is 25.2. The Labute approximate surface area is 718 Å². The molecule has 1 aromatic rings. The number of nitrogens with zero attached hydrogens (tertiary/aromatic N) is 6. The van der Waals surface area contributed by atoms with Crippen LogP contribution >= 0.6 is 0 Å². The fourth-order valence-corrected chi connectivity index (χ4v) is 6.96. The summed E-state index contributed by atoms with van der Waals surface area (Å²) in [7, 11) is 0.787. The summed E-state index contributed by atoms with van der Waals surface area (Å²) < 4.78 is 0. The number of primary amides is 1. The highest BCUT2D eigenvalue weighted by atomic mass is 16.4. The van der Waals surface area contributed by atoms with Crippen molar-refractivity contribution in [1.29, 1.82) is 0 Å². The van der Waals surface area contributed by atoms with Crippen molar-refractivity contribution in [2.75, 3.05) is 64.1 Å². The number of benzene rings is 1. The van der Waals surface area contributed by atoms with E-state index in [0.717, 1.165) is 46.1 Å². The van der Waals surface area contributed by atoms with Gasteiger partial charge in [-0.1, -0.05) is 19.3 Å². The molecule has 124 heavy (non-hydrogen) atoms. The number of aromatic carboxylic acids is 1.